The first-order valence-electron chi connectivity index (χ1n) is 7.47. The number of hydrogen-bond donors (Lipinski definition) is 0. The van der Waals surface area contributed by atoms with Gasteiger partial charge < -0.3 is 9.47 Å². The lowest BCUT2D eigenvalue weighted by Gasteiger charge is -2.13. The second-order valence-electron chi connectivity index (χ2n) is 5.02. The number of para-hydroxylation sites is 1. The van der Waals surface area contributed by atoms with E-state index < -0.39 is 0 Å². The molecule has 0 fully saturated rings. The maximum Gasteiger partial charge on any atom is 0.311 e. The number of halogens is 2. The molecule has 0 spiro atoms. The van der Waals surface area contributed by atoms with E-state index in [9.17, 15) is 4.79 Å². The molecule has 0 aliphatic carbocycles. The highest BCUT2D eigenvalue weighted by atomic mass is 35.5. The lowest BCUT2D eigenvalue weighted by atomic mass is 10.2. The molecular weight excluding hydrogens is 335 g/mol. The van der Waals surface area contributed by atoms with Crippen LogP contribution in [-0.2, 0) is 11.4 Å². The fraction of sp³-hybridized carbons (Fsp3) is 0.278. The molecule has 0 atom stereocenters. The lowest BCUT2D eigenvalue weighted by molar-refractivity contribution is -0.134. The van der Waals surface area contributed by atoms with E-state index in [1.54, 1.807) is 24.3 Å². The van der Waals surface area contributed by atoms with Crippen molar-refractivity contribution in [3.05, 3.63) is 58.1 Å². The third kappa shape index (κ3) is 5.15. The van der Waals surface area contributed by atoms with Crippen LogP contribution in [0.5, 0.6) is 11.5 Å². The third-order valence-corrected chi connectivity index (χ3v) is 3.89. The highest BCUT2D eigenvalue weighted by Crippen LogP contribution is 2.36. The zero-order chi connectivity index (χ0) is 16.7. The Bertz CT molecular complexity index is 671. The van der Waals surface area contributed by atoms with E-state index in [1.165, 1.54) is 0 Å². The molecule has 23 heavy (non-hydrogen) atoms. The predicted octanol–water partition coefficient (Wildman–Crippen LogP) is 5.67. The molecule has 0 radical (unpaired) electrons. The van der Waals surface area contributed by atoms with Gasteiger partial charge in [0, 0.05) is 17.0 Å². The first-order valence-corrected chi connectivity index (χ1v) is 8.22. The molecule has 5 heteroatoms. The molecule has 0 saturated carbocycles. The van der Waals surface area contributed by atoms with E-state index >= 15 is 0 Å². The average Bonchev–Trinajstić information content (AvgIpc) is 2.55. The summed E-state index contributed by atoms with van der Waals surface area (Å²) in [5.74, 6) is 0.354. The zero-order valence-electron chi connectivity index (χ0n) is 12.9. The molecule has 0 aliphatic rings. The van der Waals surface area contributed by atoms with Crippen molar-refractivity contribution in [3.8, 4) is 11.5 Å². The maximum atomic E-state index is 11.8. The highest BCUT2D eigenvalue weighted by molar-refractivity contribution is 6.32. The Balaban J connectivity index is 2.11. The van der Waals surface area contributed by atoms with E-state index in [0.29, 0.717) is 22.2 Å². The van der Waals surface area contributed by atoms with Gasteiger partial charge in [-0.2, -0.15) is 0 Å². The molecule has 2 rings (SSSR count). The number of benzene rings is 2. The van der Waals surface area contributed by atoms with Crippen LogP contribution in [0.3, 0.4) is 0 Å². The molecule has 0 heterocycles. The molecule has 2 aromatic rings. The number of unbranched alkanes of at least 4 members (excludes halogenated alkanes) is 1. The zero-order valence-corrected chi connectivity index (χ0v) is 14.4. The van der Waals surface area contributed by atoms with E-state index in [2.05, 4.69) is 0 Å². The summed E-state index contributed by atoms with van der Waals surface area (Å²) in [7, 11) is 0. The SMILES string of the molecule is CCCCC(=O)Oc1c(Cl)cccc1OCc1ccccc1Cl. The average molecular weight is 353 g/mol. The number of hydrogen-bond acceptors (Lipinski definition) is 3. The molecule has 3 nitrogen and oxygen atoms in total. The van der Waals surface area contributed by atoms with Gasteiger partial charge in [0.1, 0.15) is 6.61 Å². The van der Waals surface area contributed by atoms with Gasteiger partial charge in [0.25, 0.3) is 0 Å². The second-order valence-corrected chi connectivity index (χ2v) is 5.84. The molecular formula is C18H18Cl2O3. The van der Waals surface area contributed by atoms with Gasteiger partial charge in [0.2, 0.25) is 0 Å². The van der Waals surface area contributed by atoms with Crippen LogP contribution >= 0.6 is 23.2 Å². The lowest BCUT2D eigenvalue weighted by Crippen LogP contribution is -2.09. The molecule has 0 amide bonds. The van der Waals surface area contributed by atoms with Crippen LogP contribution in [0.1, 0.15) is 31.7 Å². The quantitative estimate of drug-likeness (QED) is 0.475. The second kappa shape index (κ2) is 8.80. The molecule has 0 bridgehead atoms. The minimum atomic E-state index is -0.317. The Kier molecular flexibility index (Phi) is 6.75. The smallest absolute Gasteiger partial charge is 0.311 e. The molecule has 0 aliphatic heterocycles. The number of ether oxygens (including phenoxy) is 2. The fourth-order valence-corrected chi connectivity index (χ4v) is 2.35. The van der Waals surface area contributed by atoms with Crippen molar-refractivity contribution in [1.29, 1.82) is 0 Å². The van der Waals surface area contributed by atoms with Crippen LogP contribution in [0.4, 0.5) is 0 Å². The fourth-order valence-electron chi connectivity index (χ4n) is 1.96. The number of rotatable bonds is 7. The molecule has 0 unspecified atom stereocenters. The van der Waals surface area contributed by atoms with E-state index in [1.807, 2.05) is 25.1 Å². The van der Waals surface area contributed by atoms with Crippen molar-refractivity contribution in [1.82, 2.24) is 0 Å². The van der Waals surface area contributed by atoms with Crippen LogP contribution in [0, 0.1) is 0 Å². The van der Waals surface area contributed by atoms with Gasteiger partial charge in [-0.3, -0.25) is 4.79 Å². The summed E-state index contributed by atoms with van der Waals surface area (Å²) < 4.78 is 11.1. The van der Waals surface area contributed by atoms with Crippen molar-refractivity contribution >= 4 is 29.2 Å². The Morgan fingerprint density at radius 3 is 2.52 bits per heavy atom. The summed E-state index contributed by atoms with van der Waals surface area (Å²) in [6, 6.07) is 12.5. The summed E-state index contributed by atoms with van der Waals surface area (Å²) in [5, 5.41) is 0.961. The monoisotopic (exact) mass is 352 g/mol. The Morgan fingerprint density at radius 2 is 1.78 bits per heavy atom. The standard InChI is InChI=1S/C18H18Cl2O3/c1-2-3-11-17(21)23-18-15(20)9-6-10-16(18)22-12-13-7-4-5-8-14(13)19/h4-10H,2-3,11-12H2,1H3. The Morgan fingerprint density at radius 1 is 1.04 bits per heavy atom. The van der Waals surface area contributed by atoms with Gasteiger partial charge in [-0.15, -0.1) is 0 Å². The van der Waals surface area contributed by atoms with Gasteiger partial charge in [-0.05, 0) is 24.6 Å². The van der Waals surface area contributed by atoms with Gasteiger partial charge >= 0.3 is 5.97 Å². The summed E-state index contributed by atoms with van der Waals surface area (Å²) >= 11 is 12.2. The van der Waals surface area contributed by atoms with Crippen LogP contribution < -0.4 is 9.47 Å². The number of carbonyl (C=O) groups excluding carboxylic acids is 1. The highest BCUT2D eigenvalue weighted by Gasteiger charge is 2.14. The molecule has 2 aromatic carbocycles. The Hall–Kier alpha value is -1.71. The minimum absolute atomic E-state index is 0.252. The molecule has 0 N–H and O–H groups in total. The van der Waals surface area contributed by atoms with Crippen molar-refractivity contribution in [2.45, 2.75) is 32.8 Å². The first-order chi connectivity index (χ1) is 11.1. The molecule has 122 valence electrons. The van der Waals surface area contributed by atoms with E-state index in [0.717, 1.165) is 18.4 Å². The van der Waals surface area contributed by atoms with Gasteiger partial charge in [0.05, 0.1) is 5.02 Å². The summed E-state index contributed by atoms with van der Waals surface area (Å²) in [4.78, 5) is 11.8. The van der Waals surface area contributed by atoms with Crippen LogP contribution in [0.15, 0.2) is 42.5 Å². The van der Waals surface area contributed by atoms with Crippen LogP contribution in [0.25, 0.3) is 0 Å². The Labute approximate surface area is 146 Å². The number of esters is 1. The van der Waals surface area contributed by atoms with E-state index in [-0.39, 0.29) is 18.3 Å². The van der Waals surface area contributed by atoms with Crippen molar-refractivity contribution < 1.29 is 14.3 Å². The topological polar surface area (TPSA) is 35.5 Å². The summed E-state index contributed by atoms with van der Waals surface area (Å²) in [6.07, 6.45) is 2.05. The first kappa shape index (κ1) is 17.6. The predicted molar refractivity (Wildman–Crippen MR) is 92.4 cm³/mol. The van der Waals surface area contributed by atoms with Gasteiger partial charge in [-0.25, -0.2) is 0 Å². The minimum Gasteiger partial charge on any atom is -0.485 e. The summed E-state index contributed by atoms with van der Waals surface area (Å²) in [5.41, 5.74) is 0.845. The molecule has 0 aromatic heterocycles. The third-order valence-electron chi connectivity index (χ3n) is 3.22. The van der Waals surface area contributed by atoms with Gasteiger partial charge in [-0.1, -0.05) is 60.8 Å². The van der Waals surface area contributed by atoms with Crippen LogP contribution in [0.2, 0.25) is 10.0 Å². The van der Waals surface area contributed by atoms with Crippen molar-refractivity contribution in [3.63, 3.8) is 0 Å². The normalized spacial score (nSPS) is 10.4. The number of carbonyl (C=O) groups is 1. The van der Waals surface area contributed by atoms with E-state index in [4.69, 9.17) is 32.7 Å². The largest absolute Gasteiger partial charge is 0.485 e. The van der Waals surface area contributed by atoms with Crippen LogP contribution in [-0.4, -0.2) is 5.97 Å². The summed E-state index contributed by atoms with van der Waals surface area (Å²) in [6.45, 7) is 2.28. The van der Waals surface area contributed by atoms with Crippen molar-refractivity contribution in [2.24, 2.45) is 0 Å². The van der Waals surface area contributed by atoms with Gasteiger partial charge in [0.15, 0.2) is 11.5 Å². The van der Waals surface area contributed by atoms with Crippen molar-refractivity contribution in [2.75, 3.05) is 0 Å². The maximum absolute atomic E-state index is 11.8. The molecule has 0 saturated heterocycles.